The zero-order valence-corrected chi connectivity index (χ0v) is 9.97. The molecule has 2 aliphatic rings. The van der Waals surface area contributed by atoms with Gasteiger partial charge in [0.2, 0.25) is 0 Å². The van der Waals surface area contributed by atoms with Crippen molar-refractivity contribution in [3.05, 3.63) is 41.6 Å². The Bertz CT molecular complexity index is 599. The first-order valence-corrected chi connectivity index (χ1v) is 5.88. The minimum absolute atomic E-state index is 0.0590. The quantitative estimate of drug-likeness (QED) is 0.560. The number of para-hydroxylation sites is 1. The predicted molar refractivity (Wildman–Crippen MR) is 67.3 cm³/mol. The van der Waals surface area contributed by atoms with Crippen molar-refractivity contribution in [3.63, 3.8) is 0 Å². The lowest BCUT2D eigenvalue weighted by molar-refractivity contribution is -0.124. The van der Waals surface area contributed by atoms with Crippen LogP contribution in [0.2, 0.25) is 0 Å². The molecular weight excluding hydrogens is 246 g/mol. The van der Waals surface area contributed by atoms with E-state index in [1.807, 2.05) is 29.2 Å². The van der Waals surface area contributed by atoms with Crippen molar-refractivity contribution in [2.24, 2.45) is 0 Å². The monoisotopic (exact) mass is 257 g/mol. The van der Waals surface area contributed by atoms with E-state index in [0.717, 1.165) is 12.1 Å². The van der Waals surface area contributed by atoms with Gasteiger partial charge in [0, 0.05) is 18.4 Å². The SMILES string of the molecule is O=C1NC(=O)C(=CN2CCc3ccccc32)C(=O)N1. The lowest BCUT2D eigenvalue weighted by Gasteiger charge is -2.19. The molecule has 2 aliphatic heterocycles. The highest BCUT2D eigenvalue weighted by molar-refractivity contribution is 6.29. The smallest absolute Gasteiger partial charge is 0.328 e. The molecule has 0 aliphatic carbocycles. The summed E-state index contributed by atoms with van der Waals surface area (Å²) < 4.78 is 0. The third-order valence-electron chi connectivity index (χ3n) is 3.15. The van der Waals surface area contributed by atoms with Crippen molar-refractivity contribution < 1.29 is 14.4 Å². The highest BCUT2D eigenvalue weighted by Crippen LogP contribution is 2.28. The summed E-state index contributed by atoms with van der Waals surface area (Å²) in [5, 5.41) is 4.11. The van der Waals surface area contributed by atoms with Crippen LogP contribution in [0.15, 0.2) is 36.0 Å². The third-order valence-corrected chi connectivity index (χ3v) is 3.15. The number of carbonyl (C=O) groups is 3. The van der Waals surface area contributed by atoms with E-state index in [0.29, 0.717) is 6.54 Å². The highest BCUT2D eigenvalue weighted by atomic mass is 16.2. The van der Waals surface area contributed by atoms with E-state index >= 15 is 0 Å². The molecule has 0 bridgehead atoms. The van der Waals surface area contributed by atoms with Crippen LogP contribution in [0, 0.1) is 0 Å². The summed E-state index contributed by atoms with van der Waals surface area (Å²) in [6.07, 6.45) is 2.35. The molecule has 6 heteroatoms. The van der Waals surface area contributed by atoms with Crippen LogP contribution >= 0.6 is 0 Å². The molecule has 1 saturated heterocycles. The number of hydrogen-bond donors (Lipinski definition) is 2. The minimum atomic E-state index is -0.783. The molecule has 1 aromatic rings. The van der Waals surface area contributed by atoms with Crippen molar-refractivity contribution >= 4 is 23.5 Å². The lowest BCUT2D eigenvalue weighted by Crippen LogP contribution is -2.51. The fraction of sp³-hybridized carbons (Fsp3) is 0.154. The van der Waals surface area contributed by atoms with Gasteiger partial charge in [-0.05, 0) is 18.1 Å². The van der Waals surface area contributed by atoms with Gasteiger partial charge in [0.05, 0.1) is 0 Å². The van der Waals surface area contributed by atoms with E-state index < -0.39 is 17.8 Å². The molecule has 6 nitrogen and oxygen atoms in total. The van der Waals surface area contributed by atoms with Gasteiger partial charge in [-0.1, -0.05) is 18.2 Å². The Morgan fingerprint density at radius 2 is 1.74 bits per heavy atom. The van der Waals surface area contributed by atoms with E-state index in [2.05, 4.69) is 10.6 Å². The van der Waals surface area contributed by atoms with Crippen LogP contribution in [0.25, 0.3) is 0 Å². The van der Waals surface area contributed by atoms with Gasteiger partial charge < -0.3 is 4.90 Å². The van der Waals surface area contributed by atoms with Gasteiger partial charge in [0.25, 0.3) is 11.8 Å². The van der Waals surface area contributed by atoms with Gasteiger partial charge in [-0.3, -0.25) is 20.2 Å². The summed E-state index contributed by atoms with van der Waals surface area (Å²) in [5.41, 5.74) is 2.09. The molecule has 2 N–H and O–H groups in total. The van der Waals surface area contributed by atoms with Gasteiger partial charge in [0.15, 0.2) is 0 Å². The molecule has 96 valence electrons. The molecule has 0 spiro atoms. The second kappa shape index (κ2) is 4.24. The van der Waals surface area contributed by atoms with E-state index in [9.17, 15) is 14.4 Å². The van der Waals surface area contributed by atoms with Crippen LogP contribution in [0.4, 0.5) is 10.5 Å². The Kier molecular flexibility index (Phi) is 2.56. The molecule has 4 amide bonds. The number of benzene rings is 1. The predicted octanol–water partition coefficient (Wildman–Crippen LogP) is 0.299. The maximum Gasteiger partial charge on any atom is 0.328 e. The molecular formula is C13H11N3O3. The minimum Gasteiger partial charge on any atom is -0.346 e. The third kappa shape index (κ3) is 1.97. The van der Waals surface area contributed by atoms with Gasteiger partial charge in [-0.25, -0.2) is 4.79 Å². The Balaban J connectivity index is 1.93. The second-order valence-corrected chi connectivity index (χ2v) is 4.35. The van der Waals surface area contributed by atoms with E-state index in [1.165, 1.54) is 11.8 Å². The number of rotatable bonds is 1. The number of imide groups is 2. The molecule has 0 atom stereocenters. The zero-order chi connectivity index (χ0) is 13.4. The summed E-state index contributed by atoms with van der Waals surface area (Å²) in [5.74, 6) is -1.34. The Labute approximate surface area is 109 Å². The standard InChI is InChI=1S/C13H11N3O3/c17-11-9(12(18)15-13(19)14-11)7-16-6-5-8-3-1-2-4-10(8)16/h1-4,7H,5-6H2,(H2,14,15,17,18,19). The van der Waals surface area contributed by atoms with Crippen LogP contribution < -0.4 is 15.5 Å². The average Bonchev–Trinajstić information content (AvgIpc) is 2.77. The van der Waals surface area contributed by atoms with Crippen molar-refractivity contribution in [3.8, 4) is 0 Å². The first-order valence-electron chi connectivity index (χ1n) is 5.88. The summed E-state index contributed by atoms with van der Waals surface area (Å²) >= 11 is 0. The van der Waals surface area contributed by atoms with Gasteiger partial charge in [-0.15, -0.1) is 0 Å². The average molecular weight is 257 g/mol. The first-order chi connectivity index (χ1) is 9.15. The van der Waals surface area contributed by atoms with Crippen molar-refractivity contribution in [2.75, 3.05) is 11.4 Å². The molecule has 1 aromatic carbocycles. The van der Waals surface area contributed by atoms with Crippen LogP contribution in [0.5, 0.6) is 0 Å². The number of urea groups is 1. The molecule has 0 radical (unpaired) electrons. The molecule has 3 rings (SSSR count). The van der Waals surface area contributed by atoms with Crippen molar-refractivity contribution in [2.45, 2.75) is 6.42 Å². The van der Waals surface area contributed by atoms with Crippen LogP contribution in [0.3, 0.4) is 0 Å². The van der Waals surface area contributed by atoms with Crippen LogP contribution in [-0.2, 0) is 16.0 Å². The summed E-state index contributed by atoms with van der Waals surface area (Å²) in [6, 6.07) is 7.02. The largest absolute Gasteiger partial charge is 0.346 e. The molecule has 2 heterocycles. The molecule has 19 heavy (non-hydrogen) atoms. The van der Waals surface area contributed by atoms with Crippen LogP contribution in [0.1, 0.15) is 5.56 Å². The summed E-state index contributed by atoms with van der Waals surface area (Å²) in [7, 11) is 0. The molecule has 0 unspecified atom stereocenters. The number of hydrogen-bond acceptors (Lipinski definition) is 4. The number of carbonyl (C=O) groups excluding carboxylic acids is 3. The number of amides is 4. The van der Waals surface area contributed by atoms with E-state index in [4.69, 9.17) is 0 Å². The Hall–Kier alpha value is -2.63. The fourth-order valence-corrected chi connectivity index (χ4v) is 2.25. The zero-order valence-electron chi connectivity index (χ0n) is 9.97. The normalized spacial score (nSPS) is 18.0. The van der Waals surface area contributed by atoms with E-state index in [1.54, 1.807) is 0 Å². The topological polar surface area (TPSA) is 78.5 Å². The van der Waals surface area contributed by atoms with Crippen molar-refractivity contribution in [1.29, 1.82) is 0 Å². The number of nitrogens with one attached hydrogen (secondary N) is 2. The Morgan fingerprint density at radius 3 is 2.47 bits per heavy atom. The van der Waals surface area contributed by atoms with E-state index in [-0.39, 0.29) is 5.57 Å². The molecule has 1 fully saturated rings. The molecule has 0 saturated carbocycles. The second-order valence-electron chi connectivity index (χ2n) is 4.35. The maximum atomic E-state index is 11.6. The summed E-state index contributed by atoms with van der Waals surface area (Å²) in [6.45, 7) is 0.706. The lowest BCUT2D eigenvalue weighted by atomic mass is 10.2. The maximum absolute atomic E-state index is 11.6. The summed E-state index contributed by atoms with van der Waals surface area (Å²) in [4.78, 5) is 36.1. The van der Waals surface area contributed by atoms with Gasteiger partial charge in [-0.2, -0.15) is 0 Å². The van der Waals surface area contributed by atoms with Gasteiger partial charge >= 0.3 is 6.03 Å². The highest BCUT2D eigenvalue weighted by Gasteiger charge is 2.29. The number of anilines is 1. The van der Waals surface area contributed by atoms with Crippen LogP contribution in [-0.4, -0.2) is 24.4 Å². The number of barbiturate groups is 1. The fourth-order valence-electron chi connectivity index (χ4n) is 2.25. The number of nitrogens with zero attached hydrogens (tertiary/aromatic N) is 1. The Morgan fingerprint density at radius 1 is 1.05 bits per heavy atom. The van der Waals surface area contributed by atoms with Crippen molar-refractivity contribution in [1.82, 2.24) is 10.6 Å². The number of fused-ring (bicyclic) bond motifs is 1. The van der Waals surface area contributed by atoms with Gasteiger partial charge in [0.1, 0.15) is 5.57 Å². The first kappa shape index (κ1) is 11.5. The molecule has 0 aromatic heterocycles.